The molecule has 0 aromatic carbocycles. The van der Waals surface area contributed by atoms with Gasteiger partial charge in [-0.2, -0.15) is 0 Å². The van der Waals surface area contributed by atoms with Gasteiger partial charge in [-0.1, -0.05) is 0 Å². The predicted molar refractivity (Wildman–Crippen MR) is 125 cm³/mol. The summed E-state index contributed by atoms with van der Waals surface area (Å²) in [5.74, 6) is -6.56. The van der Waals surface area contributed by atoms with E-state index in [9.17, 15) is 38.7 Å². The van der Waals surface area contributed by atoms with Crippen molar-refractivity contribution in [3.05, 3.63) is 0 Å². The molecule has 0 bridgehead atoms. The molecule has 36 heavy (non-hydrogen) atoms. The fourth-order valence-electron chi connectivity index (χ4n) is 2.97. The van der Waals surface area contributed by atoms with E-state index in [0.29, 0.717) is 19.4 Å². The van der Waals surface area contributed by atoms with Gasteiger partial charge in [-0.05, 0) is 38.6 Å². The van der Waals surface area contributed by atoms with E-state index in [0.717, 1.165) is 0 Å². The summed E-state index contributed by atoms with van der Waals surface area (Å²) in [6.07, 6.45) is -0.540. The van der Waals surface area contributed by atoms with Gasteiger partial charge in [0.2, 0.25) is 35.4 Å². The van der Waals surface area contributed by atoms with E-state index in [1.165, 1.54) is 0 Å². The number of hydrogen-bond donors (Lipinski definition) is 9. The fourth-order valence-corrected chi connectivity index (χ4v) is 2.97. The zero-order valence-electron chi connectivity index (χ0n) is 19.9. The number of nitrogens with one attached hydrogen (secondary N) is 3. The van der Waals surface area contributed by atoms with Crippen LogP contribution in [0.15, 0.2) is 0 Å². The average molecular weight is 517 g/mol. The number of carboxylic acid groups (broad SMARTS) is 1. The summed E-state index contributed by atoms with van der Waals surface area (Å²) in [6, 6.07) is -5.45. The molecule has 4 unspecified atom stereocenters. The van der Waals surface area contributed by atoms with Crippen LogP contribution in [0.1, 0.15) is 51.4 Å². The van der Waals surface area contributed by atoms with Crippen molar-refractivity contribution in [1.82, 2.24) is 16.0 Å². The Morgan fingerprint density at radius 1 is 0.639 bits per heavy atom. The molecule has 0 saturated carbocycles. The van der Waals surface area contributed by atoms with Crippen molar-refractivity contribution in [1.29, 1.82) is 0 Å². The van der Waals surface area contributed by atoms with Crippen molar-refractivity contribution in [3.8, 4) is 0 Å². The summed E-state index contributed by atoms with van der Waals surface area (Å²) in [5.41, 5.74) is 26.4. The molecule has 0 spiro atoms. The Morgan fingerprint density at radius 3 is 1.64 bits per heavy atom. The smallest absolute Gasteiger partial charge is 0.326 e. The number of rotatable bonds is 19. The molecule has 0 saturated heterocycles. The van der Waals surface area contributed by atoms with Gasteiger partial charge in [0.25, 0.3) is 0 Å². The van der Waals surface area contributed by atoms with Gasteiger partial charge >= 0.3 is 5.97 Å². The van der Waals surface area contributed by atoms with Crippen LogP contribution in [0.3, 0.4) is 0 Å². The van der Waals surface area contributed by atoms with Crippen molar-refractivity contribution in [2.75, 3.05) is 6.54 Å². The third-order valence-corrected chi connectivity index (χ3v) is 4.95. The maximum Gasteiger partial charge on any atom is 0.326 e. The predicted octanol–water partition coefficient (Wildman–Crippen LogP) is -4.61. The third-order valence-electron chi connectivity index (χ3n) is 4.95. The van der Waals surface area contributed by atoms with Crippen LogP contribution in [-0.2, 0) is 33.6 Å². The summed E-state index contributed by atoms with van der Waals surface area (Å²) in [5, 5.41) is 16.1. The maximum absolute atomic E-state index is 12.9. The number of carboxylic acids is 1. The number of carbonyl (C=O) groups excluding carboxylic acids is 6. The molecule has 0 heterocycles. The lowest BCUT2D eigenvalue weighted by Crippen LogP contribution is -2.57. The summed E-state index contributed by atoms with van der Waals surface area (Å²) in [4.78, 5) is 82.7. The summed E-state index contributed by atoms with van der Waals surface area (Å²) in [7, 11) is 0. The van der Waals surface area contributed by atoms with Crippen LogP contribution in [0.2, 0.25) is 0 Å². The summed E-state index contributed by atoms with van der Waals surface area (Å²) < 4.78 is 0. The van der Waals surface area contributed by atoms with Crippen LogP contribution in [0, 0.1) is 0 Å². The lowest BCUT2D eigenvalue weighted by molar-refractivity contribution is -0.142. The molecular formula is C20H36N8O8. The largest absolute Gasteiger partial charge is 0.480 e. The highest BCUT2D eigenvalue weighted by molar-refractivity contribution is 5.96. The van der Waals surface area contributed by atoms with Crippen molar-refractivity contribution in [2.45, 2.75) is 75.5 Å². The van der Waals surface area contributed by atoms with Gasteiger partial charge in [-0.3, -0.25) is 28.8 Å². The normalized spacial score (nSPS) is 13.9. The second kappa shape index (κ2) is 16.8. The first-order chi connectivity index (χ1) is 16.8. The SMILES string of the molecule is NCCCCC(NC(=O)C(N)CCC(N)=O)C(=O)NC(CC(N)=O)C(=O)NC(CCC(N)=O)C(=O)O. The van der Waals surface area contributed by atoms with Gasteiger partial charge in [0.15, 0.2) is 0 Å². The van der Waals surface area contributed by atoms with Crippen molar-refractivity contribution >= 4 is 41.4 Å². The zero-order valence-corrected chi connectivity index (χ0v) is 19.9. The van der Waals surface area contributed by atoms with Crippen LogP contribution in [0.5, 0.6) is 0 Å². The number of primary amides is 3. The molecule has 0 aromatic rings. The monoisotopic (exact) mass is 516 g/mol. The lowest BCUT2D eigenvalue weighted by atomic mass is 10.0. The Hall–Kier alpha value is -3.79. The number of nitrogens with two attached hydrogens (primary N) is 5. The van der Waals surface area contributed by atoms with E-state index in [2.05, 4.69) is 16.0 Å². The first-order valence-electron chi connectivity index (χ1n) is 11.2. The van der Waals surface area contributed by atoms with Gasteiger partial charge in [-0.25, -0.2) is 4.79 Å². The topological polar surface area (TPSA) is 306 Å². The molecule has 16 nitrogen and oxygen atoms in total. The van der Waals surface area contributed by atoms with Crippen LogP contribution < -0.4 is 44.6 Å². The second-order valence-corrected chi connectivity index (χ2v) is 8.09. The molecule has 0 aromatic heterocycles. The first-order valence-corrected chi connectivity index (χ1v) is 11.2. The lowest BCUT2D eigenvalue weighted by Gasteiger charge is -2.24. The molecule has 0 aliphatic heterocycles. The van der Waals surface area contributed by atoms with Crippen LogP contribution in [-0.4, -0.2) is 77.2 Å². The minimum absolute atomic E-state index is 0.0626. The Bertz CT molecular complexity index is 822. The Morgan fingerprint density at radius 2 is 1.14 bits per heavy atom. The minimum atomic E-state index is -1.58. The number of hydrogen-bond acceptors (Lipinski definition) is 9. The summed E-state index contributed by atoms with van der Waals surface area (Å²) >= 11 is 0. The number of unbranched alkanes of at least 4 members (excludes halogenated alkanes) is 1. The van der Waals surface area contributed by atoms with Crippen LogP contribution in [0.4, 0.5) is 0 Å². The van der Waals surface area contributed by atoms with Gasteiger partial charge < -0.3 is 49.7 Å². The van der Waals surface area contributed by atoms with Crippen LogP contribution in [0.25, 0.3) is 0 Å². The molecule has 4 atom stereocenters. The maximum atomic E-state index is 12.9. The highest BCUT2D eigenvalue weighted by atomic mass is 16.4. The standard InChI is InChI=1S/C20H36N8O8/c21-8-2-1-3-11(26-17(32)10(22)4-6-14(23)29)18(33)28-13(9-16(25)31)19(34)27-12(20(35)36)5-7-15(24)30/h10-13H,1-9,21-22H2,(H2,23,29)(H2,24,30)(H2,25,31)(H,26,32)(H,27,34)(H,28,33)(H,35,36). The molecule has 0 aliphatic carbocycles. The van der Waals surface area contributed by atoms with Gasteiger partial charge in [0.1, 0.15) is 18.1 Å². The minimum Gasteiger partial charge on any atom is -0.480 e. The molecule has 16 heteroatoms. The Labute approximate surface area is 207 Å². The van der Waals surface area contributed by atoms with Crippen molar-refractivity contribution < 1.29 is 38.7 Å². The van der Waals surface area contributed by atoms with Crippen molar-refractivity contribution in [3.63, 3.8) is 0 Å². The molecule has 6 amide bonds. The van der Waals surface area contributed by atoms with E-state index in [-0.39, 0.29) is 32.1 Å². The summed E-state index contributed by atoms with van der Waals surface area (Å²) in [6.45, 7) is 0.314. The second-order valence-electron chi connectivity index (χ2n) is 8.09. The van der Waals surface area contributed by atoms with E-state index in [1.54, 1.807) is 0 Å². The Kier molecular flexibility index (Phi) is 15.0. The number of aliphatic carboxylic acids is 1. The number of amides is 6. The zero-order chi connectivity index (χ0) is 27.8. The molecule has 0 fully saturated rings. The highest BCUT2D eigenvalue weighted by Gasteiger charge is 2.31. The van der Waals surface area contributed by atoms with Gasteiger partial charge in [-0.15, -0.1) is 0 Å². The van der Waals surface area contributed by atoms with E-state index < -0.39 is 72.0 Å². The van der Waals surface area contributed by atoms with E-state index in [1.807, 2.05) is 0 Å². The molecular weight excluding hydrogens is 480 g/mol. The molecule has 0 aliphatic rings. The van der Waals surface area contributed by atoms with E-state index in [4.69, 9.17) is 28.7 Å². The molecule has 0 radical (unpaired) electrons. The highest BCUT2D eigenvalue weighted by Crippen LogP contribution is 2.06. The fraction of sp³-hybridized carbons (Fsp3) is 0.650. The van der Waals surface area contributed by atoms with Crippen LogP contribution >= 0.6 is 0 Å². The van der Waals surface area contributed by atoms with Gasteiger partial charge in [0.05, 0.1) is 12.5 Å². The average Bonchev–Trinajstić information content (AvgIpc) is 2.77. The van der Waals surface area contributed by atoms with Crippen molar-refractivity contribution in [2.24, 2.45) is 28.7 Å². The number of carbonyl (C=O) groups is 7. The molecule has 14 N–H and O–H groups in total. The third kappa shape index (κ3) is 13.8. The molecule has 204 valence electrons. The first kappa shape index (κ1) is 32.2. The Balaban J connectivity index is 5.52. The molecule has 0 rings (SSSR count). The quantitative estimate of drug-likeness (QED) is 0.0739. The van der Waals surface area contributed by atoms with E-state index >= 15 is 0 Å². The van der Waals surface area contributed by atoms with Gasteiger partial charge in [0, 0.05) is 12.8 Å².